The van der Waals surface area contributed by atoms with E-state index in [1.54, 1.807) is 12.1 Å². The molecule has 0 bridgehead atoms. The van der Waals surface area contributed by atoms with Gasteiger partial charge in [-0.15, -0.1) is 0 Å². The summed E-state index contributed by atoms with van der Waals surface area (Å²) in [5.74, 6) is 0. The highest BCUT2D eigenvalue weighted by Gasteiger charge is 2.19. The lowest BCUT2D eigenvalue weighted by Crippen LogP contribution is -2.13. The van der Waals surface area contributed by atoms with Crippen LogP contribution < -0.4 is 4.72 Å². The lowest BCUT2D eigenvalue weighted by atomic mass is 10.1. The Morgan fingerprint density at radius 1 is 0.926 bits per heavy atom. The summed E-state index contributed by atoms with van der Waals surface area (Å²) >= 11 is 12.0. The molecular formula is C20H16Cl2N2O2S. The van der Waals surface area contributed by atoms with Gasteiger partial charge < -0.3 is 4.57 Å². The minimum Gasteiger partial charge on any atom is -0.341 e. The number of aromatic nitrogens is 1. The monoisotopic (exact) mass is 418 g/mol. The van der Waals surface area contributed by atoms with Gasteiger partial charge in [-0.05, 0) is 49.4 Å². The first-order valence-electron chi connectivity index (χ1n) is 8.39. The molecule has 0 aliphatic rings. The lowest BCUT2D eigenvalue weighted by Gasteiger charge is -2.10. The number of hydrogen-bond donors (Lipinski definition) is 1. The van der Waals surface area contributed by atoms with Gasteiger partial charge in [0.2, 0.25) is 0 Å². The zero-order chi connectivity index (χ0) is 19.2. The summed E-state index contributed by atoms with van der Waals surface area (Å²) < 4.78 is 30.4. The summed E-state index contributed by atoms with van der Waals surface area (Å²) in [6, 6.07) is 18.0. The average molecular weight is 419 g/mol. The third kappa shape index (κ3) is 3.16. The van der Waals surface area contributed by atoms with Crippen LogP contribution in [0.3, 0.4) is 0 Å². The number of rotatable bonds is 4. The Bertz CT molecular complexity index is 1280. The van der Waals surface area contributed by atoms with Crippen LogP contribution in [0.25, 0.3) is 21.8 Å². The topological polar surface area (TPSA) is 51.1 Å². The van der Waals surface area contributed by atoms with Gasteiger partial charge in [0.05, 0.1) is 5.02 Å². The molecular weight excluding hydrogens is 403 g/mol. The Labute approximate surface area is 167 Å². The zero-order valence-corrected chi connectivity index (χ0v) is 16.7. The van der Waals surface area contributed by atoms with E-state index in [2.05, 4.69) is 22.3 Å². The molecule has 0 aliphatic heterocycles. The van der Waals surface area contributed by atoms with Crippen LogP contribution in [0.15, 0.2) is 65.6 Å². The van der Waals surface area contributed by atoms with Crippen molar-refractivity contribution in [3.63, 3.8) is 0 Å². The Kier molecular flexibility index (Phi) is 4.54. The molecule has 1 aromatic heterocycles. The number of nitrogens with zero attached hydrogens (tertiary/aromatic N) is 1. The number of aryl methyl sites for hydroxylation is 1. The summed E-state index contributed by atoms with van der Waals surface area (Å²) in [4.78, 5) is -0.0484. The van der Waals surface area contributed by atoms with Gasteiger partial charge in [0, 0.05) is 39.1 Å². The van der Waals surface area contributed by atoms with Crippen LogP contribution in [0.1, 0.15) is 6.92 Å². The van der Waals surface area contributed by atoms with E-state index in [-0.39, 0.29) is 9.92 Å². The fourth-order valence-corrected chi connectivity index (χ4v) is 5.16. The molecule has 3 aromatic carbocycles. The fraction of sp³-hybridized carbons (Fsp3) is 0.100. The van der Waals surface area contributed by atoms with E-state index < -0.39 is 10.0 Å². The first kappa shape index (κ1) is 18.2. The van der Waals surface area contributed by atoms with Gasteiger partial charge >= 0.3 is 0 Å². The van der Waals surface area contributed by atoms with Crippen molar-refractivity contribution in [2.24, 2.45) is 0 Å². The molecule has 138 valence electrons. The predicted octanol–water partition coefficient (Wildman–Crippen LogP) is 5.92. The summed E-state index contributed by atoms with van der Waals surface area (Å²) in [7, 11) is -3.86. The molecule has 0 atom stereocenters. The second-order valence-electron chi connectivity index (χ2n) is 6.17. The largest absolute Gasteiger partial charge is 0.341 e. The predicted molar refractivity (Wildman–Crippen MR) is 112 cm³/mol. The van der Waals surface area contributed by atoms with E-state index in [1.165, 1.54) is 12.1 Å². The van der Waals surface area contributed by atoms with Crippen molar-refractivity contribution < 1.29 is 8.42 Å². The number of nitrogens with one attached hydrogen (secondary N) is 1. The molecule has 4 aromatic rings. The smallest absolute Gasteiger partial charge is 0.263 e. The van der Waals surface area contributed by atoms with Gasteiger partial charge in [-0.1, -0.05) is 41.4 Å². The highest BCUT2D eigenvalue weighted by atomic mass is 35.5. The Balaban J connectivity index is 1.83. The van der Waals surface area contributed by atoms with E-state index in [0.29, 0.717) is 10.7 Å². The van der Waals surface area contributed by atoms with Crippen molar-refractivity contribution >= 4 is 60.7 Å². The SMILES string of the molecule is CCn1c2ccccc2c2cc(NS(=O)(=O)c3cc(Cl)ccc3Cl)ccc21. The number of hydrogen-bond acceptors (Lipinski definition) is 2. The third-order valence-electron chi connectivity index (χ3n) is 4.52. The van der Waals surface area contributed by atoms with Crippen LogP contribution in [0, 0.1) is 0 Å². The molecule has 1 heterocycles. The van der Waals surface area contributed by atoms with Crippen molar-refractivity contribution in [1.82, 2.24) is 4.57 Å². The quantitative estimate of drug-likeness (QED) is 0.446. The van der Waals surface area contributed by atoms with E-state index >= 15 is 0 Å². The van der Waals surface area contributed by atoms with Crippen molar-refractivity contribution in [3.8, 4) is 0 Å². The maximum absolute atomic E-state index is 12.8. The summed E-state index contributed by atoms with van der Waals surface area (Å²) in [6.45, 7) is 2.91. The zero-order valence-electron chi connectivity index (χ0n) is 14.4. The van der Waals surface area contributed by atoms with Crippen LogP contribution in [0.2, 0.25) is 10.0 Å². The van der Waals surface area contributed by atoms with Crippen molar-refractivity contribution in [1.29, 1.82) is 0 Å². The second-order valence-corrected chi connectivity index (χ2v) is 8.67. The molecule has 7 heteroatoms. The minimum atomic E-state index is -3.86. The van der Waals surface area contributed by atoms with Gasteiger partial charge in [-0.3, -0.25) is 4.72 Å². The molecule has 0 radical (unpaired) electrons. The normalized spacial score (nSPS) is 12.0. The average Bonchev–Trinajstić information content (AvgIpc) is 2.96. The maximum atomic E-state index is 12.8. The van der Waals surface area contributed by atoms with E-state index in [1.807, 2.05) is 30.3 Å². The van der Waals surface area contributed by atoms with Crippen LogP contribution in [-0.2, 0) is 16.6 Å². The van der Waals surface area contributed by atoms with Crippen molar-refractivity contribution in [2.75, 3.05) is 4.72 Å². The van der Waals surface area contributed by atoms with Crippen LogP contribution >= 0.6 is 23.2 Å². The summed E-state index contributed by atoms with van der Waals surface area (Å²) in [5, 5.41) is 2.50. The van der Waals surface area contributed by atoms with Gasteiger partial charge in [0.15, 0.2) is 0 Å². The van der Waals surface area contributed by atoms with Gasteiger partial charge in [-0.25, -0.2) is 8.42 Å². The van der Waals surface area contributed by atoms with E-state index in [9.17, 15) is 8.42 Å². The molecule has 0 spiro atoms. The van der Waals surface area contributed by atoms with Gasteiger partial charge in [0.1, 0.15) is 4.90 Å². The number of anilines is 1. The second kappa shape index (κ2) is 6.75. The van der Waals surface area contributed by atoms with Crippen LogP contribution in [0.5, 0.6) is 0 Å². The molecule has 0 aliphatic carbocycles. The van der Waals surface area contributed by atoms with Crippen LogP contribution in [-0.4, -0.2) is 13.0 Å². The Morgan fingerprint density at radius 3 is 2.44 bits per heavy atom. The first-order chi connectivity index (χ1) is 12.9. The van der Waals surface area contributed by atoms with Crippen LogP contribution in [0.4, 0.5) is 5.69 Å². The van der Waals surface area contributed by atoms with Crippen molar-refractivity contribution in [3.05, 3.63) is 70.7 Å². The van der Waals surface area contributed by atoms with Crippen molar-refractivity contribution in [2.45, 2.75) is 18.4 Å². The number of halogens is 2. The summed E-state index contributed by atoms with van der Waals surface area (Å²) in [5.41, 5.74) is 2.65. The fourth-order valence-electron chi connectivity index (χ4n) is 3.35. The molecule has 27 heavy (non-hydrogen) atoms. The number of para-hydroxylation sites is 1. The highest BCUT2D eigenvalue weighted by Crippen LogP contribution is 2.32. The Morgan fingerprint density at radius 2 is 1.67 bits per heavy atom. The standard InChI is InChI=1S/C20H16Cl2N2O2S/c1-2-24-18-6-4-3-5-15(18)16-12-14(8-10-19(16)24)23-27(25,26)20-11-13(21)7-9-17(20)22/h3-12,23H,2H2,1H3. The van der Waals surface area contributed by atoms with Gasteiger partial charge in [0.25, 0.3) is 10.0 Å². The lowest BCUT2D eigenvalue weighted by molar-refractivity contribution is 0.601. The number of benzene rings is 3. The van der Waals surface area contributed by atoms with Gasteiger partial charge in [-0.2, -0.15) is 0 Å². The molecule has 0 amide bonds. The molecule has 0 fully saturated rings. The molecule has 0 saturated heterocycles. The first-order valence-corrected chi connectivity index (χ1v) is 10.6. The molecule has 4 rings (SSSR count). The molecule has 4 nitrogen and oxygen atoms in total. The van der Waals surface area contributed by atoms with E-state index in [0.717, 1.165) is 28.4 Å². The Hall–Kier alpha value is -2.21. The maximum Gasteiger partial charge on any atom is 0.263 e. The van der Waals surface area contributed by atoms with E-state index in [4.69, 9.17) is 23.2 Å². The number of fused-ring (bicyclic) bond motifs is 3. The minimum absolute atomic E-state index is 0.0484. The molecule has 0 unspecified atom stereocenters. The number of sulfonamides is 1. The molecule has 1 N–H and O–H groups in total. The molecule has 0 saturated carbocycles. The third-order valence-corrected chi connectivity index (χ3v) is 6.62. The highest BCUT2D eigenvalue weighted by molar-refractivity contribution is 7.92. The summed E-state index contributed by atoms with van der Waals surface area (Å²) in [6.07, 6.45) is 0.